The van der Waals surface area contributed by atoms with Crippen LogP contribution in [0.2, 0.25) is 37.3 Å². The van der Waals surface area contributed by atoms with Crippen LogP contribution in [0.3, 0.4) is 0 Å². The molecule has 0 aromatic carbocycles. The molecular formula is C6H12B4. The molecule has 0 aliphatic carbocycles. The minimum Gasteiger partial charge on any atom is -0.0970 e. The minimum absolute atomic E-state index is 1.18. The van der Waals surface area contributed by atoms with Crippen LogP contribution in [0.5, 0.6) is 0 Å². The summed E-state index contributed by atoms with van der Waals surface area (Å²) in [5.74, 6) is 0. The summed E-state index contributed by atoms with van der Waals surface area (Å²) in [5, 5.41) is 0. The SMILES string of the molecule is C1B2CB3CB1CB(C2)C3. The average molecular weight is 127 g/mol. The lowest BCUT2D eigenvalue weighted by Gasteiger charge is -2.44. The van der Waals surface area contributed by atoms with Crippen LogP contribution in [0.4, 0.5) is 0 Å². The largest absolute Gasteiger partial charge is 0.117 e. The molecule has 0 N–H and O–H groups in total. The lowest BCUT2D eigenvalue weighted by molar-refractivity contribution is 1.34. The van der Waals surface area contributed by atoms with Crippen LogP contribution < -0.4 is 0 Å². The molecule has 4 bridgehead atoms. The van der Waals surface area contributed by atoms with E-state index in [0.29, 0.717) is 0 Å². The molecule has 4 heterocycles. The second-order valence-corrected chi connectivity index (χ2v) is 4.88. The average Bonchev–Trinajstić information content (AvgIpc) is 1.82. The molecule has 0 nitrogen and oxygen atoms in total. The van der Waals surface area contributed by atoms with Gasteiger partial charge in [-0.2, -0.15) is 0 Å². The predicted molar refractivity (Wildman–Crippen MR) is 51.9 cm³/mol. The molecule has 0 radical (unpaired) electrons. The van der Waals surface area contributed by atoms with Crippen molar-refractivity contribution >= 4 is 26.9 Å². The lowest BCUT2D eigenvalue weighted by atomic mass is 8.89. The summed E-state index contributed by atoms with van der Waals surface area (Å²) in [6.45, 7) is 4.71. The van der Waals surface area contributed by atoms with Gasteiger partial charge in [0.25, 0.3) is 0 Å². The molecule has 0 atom stereocenters. The van der Waals surface area contributed by atoms with Gasteiger partial charge in [-0.15, -0.1) is 0 Å². The first kappa shape index (κ1) is 5.85. The third-order valence-corrected chi connectivity index (χ3v) is 4.00. The Morgan fingerprint density at radius 1 is 0.400 bits per heavy atom. The molecule has 4 saturated heterocycles. The number of rotatable bonds is 0. The van der Waals surface area contributed by atoms with Crippen molar-refractivity contribution in [1.29, 1.82) is 0 Å². The normalized spacial score (nSPS) is 28.8. The zero-order valence-electron chi connectivity index (χ0n) is 6.55. The van der Waals surface area contributed by atoms with Crippen molar-refractivity contribution in [2.75, 3.05) is 0 Å². The molecule has 4 aliphatic heterocycles. The standard InChI is InChI=1S/C6H12B4/c1-7-2-9-4-8(1)5-10(3-7)6-9/h1-6H2. The zero-order valence-corrected chi connectivity index (χ0v) is 6.55. The van der Waals surface area contributed by atoms with Crippen molar-refractivity contribution in [2.24, 2.45) is 0 Å². The number of hydrogen-bond donors (Lipinski definition) is 0. The van der Waals surface area contributed by atoms with Crippen LogP contribution >= 0.6 is 0 Å². The summed E-state index contributed by atoms with van der Waals surface area (Å²) >= 11 is 0. The molecule has 0 unspecified atom stereocenters. The monoisotopic (exact) mass is 128 g/mol. The van der Waals surface area contributed by atoms with E-state index in [0.717, 1.165) is 0 Å². The molecule has 0 spiro atoms. The molecular weight excluding hydrogens is 115 g/mol. The maximum absolute atomic E-state index is 1.60. The molecule has 4 rings (SSSR count). The van der Waals surface area contributed by atoms with Crippen LogP contribution in [0.15, 0.2) is 0 Å². The molecule has 0 aromatic heterocycles. The van der Waals surface area contributed by atoms with Gasteiger partial charge in [0.1, 0.15) is 26.9 Å². The van der Waals surface area contributed by atoms with Crippen LogP contribution in [-0.2, 0) is 0 Å². The lowest BCUT2D eigenvalue weighted by Crippen LogP contribution is -2.55. The summed E-state index contributed by atoms with van der Waals surface area (Å²) in [7, 11) is 0. The molecule has 10 heavy (non-hydrogen) atoms. The van der Waals surface area contributed by atoms with Crippen LogP contribution in [-0.4, -0.2) is 26.9 Å². The summed E-state index contributed by atoms with van der Waals surface area (Å²) in [5.41, 5.74) is 0. The topological polar surface area (TPSA) is 0 Å². The Kier molecular flexibility index (Phi) is 1.11. The van der Waals surface area contributed by atoms with E-state index in [-0.39, 0.29) is 0 Å². The molecule has 48 valence electrons. The summed E-state index contributed by atoms with van der Waals surface area (Å²) in [4.78, 5) is 0. The Labute approximate surface area is 64.8 Å². The Balaban J connectivity index is 1.90. The smallest absolute Gasteiger partial charge is 0.0970 e. The summed E-state index contributed by atoms with van der Waals surface area (Å²) in [6, 6.07) is 0. The van der Waals surface area contributed by atoms with Gasteiger partial charge in [-0.1, -0.05) is 37.3 Å². The summed E-state index contributed by atoms with van der Waals surface area (Å²) in [6.07, 6.45) is 9.62. The van der Waals surface area contributed by atoms with E-state index in [2.05, 4.69) is 0 Å². The van der Waals surface area contributed by atoms with Gasteiger partial charge in [-0.3, -0.25) is 0 Å². The van der Waals surface area contributed by atoms with E-state index < -0.39 is 0 Å². The highest BCUT2D eigenvalue weighted by Gasteiger charge is 2.47. The number of hydrogen-bond acceptors (Lipinski definition) is 0. The maximum Gasteiger partial charge on any atom is 0.117 e. The Morgan fingerprint density at radius 3 is 0.800 bits per heavy atom. The fourth-order valence-electron chi connectivity index (χ4n) is 3.98. The van der Waals surface area contributed by atoms with Crippen LogP contribution in [0.1, 0.15) is 0 Å². The first-order valence-electron chi connectivity index (χ1n) is 4.90. The zero-order chi connectivity index (χ0) is 6.55. The van der Waals surface area contributed by atoms with Crippen molar-refractivity contribution in [3.05, 3.63) is 0 Å². The van der Waals surface area contributed by atoms with Gasteiger partial charge in [0.15, 0.2) is 0 Å². The molecule has 0 aromatic rings. The van der Waals surface area contributed by atoms with Gasteiger partial charge in [0, 0.05) is 0 Å². The first-order valence-corrected chi connectivity index (χ1v) is 4.90. The molecule has 4 fully saturated rings. The fraction of sp³-hybridized carbons (Fsp3) is 1.00. The highest BCUT2D eigenvalue weighted by atomic mass is 13.9. The highest BCUT2D eigenvalue weighted by molar-refractivity contribution is 7.12. The van der Waals surface area contributed by atoms with E-state index in [1.54, 1.807) is 37.3 Å². The molecule has 0 amide bonds. The van der Waals surface area contributed by atoms with E-state index in [1.807, 2.05) is 0 Å². The second-order valence-electron chi connectivity index (χ2n) is 4.88. The summed E-state index contributed by atoms with van der Waals surface area (Å²) < 4.78 is 0. The minimum atomic E-state index is 1.18. The predicted octanol–water partition coefficient (Wildman–Crippen LogP) is 1.24. The van der Waals surface area contributed by atoms with E-state index in [9.17, 15) is 0 Å². The van der Waals surface area contributed by atoms with Gasteiger partial charge >= 0.3 is 0 Å². The van der Waals surface area contributed by atoms with Gasteiger partial charge in [-0.25, -0.2) is 0 Å². The third-order valence-electron chi connectivity index (χ3n) is 4.00. The van der Waals surface area contributed by atoms with Crippen molar-refractivity contribution < 1.29 is 0 Å². The first-order chi connectivity index (χ1) is 4.90. The van der Waals surface area contributed by atoms with Crippen LogP contribution in [0.25, 0.3) is 0 Å². The van der Waals surface area contributed by atoms with E-state index in [1.165, 1.54) is 26.9 Å². The van der Waals surface area contributed by atoms with E-state index >= 15 is 0 Å². The third kappa shape index (κ3) is 0.740. The van der Waals surface area contributed by atoms with Gasteiger partial charge in [0.2, 0.25) is 0 Å². The van der Waals surface area contributed by atoms with Crippen LogP contribution in [0, 0.1) is 0 Å². The molecule has 4 heteroatoms. The van der Waals surface area contributed by atoms with Gasteiger partial charge in [0.05, 0.1) is 0 Å². The molecule has 4 aliphatic rings. The van der Waals surface area contributed by atoms with Crippen molar-refractivity contribution in [2.45, 2.75) is 37.3 Å². The van der Waals surface area contributed by atoms with Gasteiger partial charge in [-0.05, 0) is 0 Å². The Morgan fingerprint density at radius 2 is 0.600 bits per heavy atom. The fourth-order valence-corrected chi connectivity index (χ4v) is 3.98. The van der Waals surface area contributed by atoms with Crippen molar-refractivity contribution in [1.82, 2.24) is 0 Å². The highest BCUT2D eigenvalue weighted by Crippen LogP contribution is 2.39. The second kappa shape index (κ2) is 1.89. The van der Waals surface area contributed by atoms with Gasteiger partial charge < -0.3 is 0 Å². The maximum atomic E-state index is 1.60. The van der Waals surface area contributed by atoms with Crippen molar-refractivity contribution in [3.63, 3.8) is 0 Å². The Hall–Kier alpha value is 0.260. The van der Waals surface area contributed by atoms with Crippen molar-refractivity contribution in [3.8, 4) is 0 Å². The van der Waals surface area contributed by atoms with E-state index in [4.69, 9.17) is 0 Å². The quantitative estimate of drug-likeness (QED) is 0.430. The Bertz CT molecular complexity index is 101. The molecule has 0 saturated carbocycles.